The third-order valence-electron chi connectivity index (χ3n) is 3.79. The molecule has 1 aromatic heterocycles. The van der Waals surface area contributed by atoms with Gasteiger partial charge in [-0.05, 0) is 32.1 Å². The normalized spacial score (nSPS) is 15.2. The quantitative estimate of drug-likeness (QED) is 0.335. The van der Waals surface area contributed by atoms with E-state index in [0.29, 0.717) is 17.8 Å². The number of nitrogens with zero attached hydrogens (tertiary/aromatic N) is 2. The monoisotopic (exact) mass is 390 g/mol. The molecular formula is C19H30N6O3. The van der Waals surface area contributed by atoms with Crippen LogP contribution in [0.5, 0.6) is 5.75 Å². The van der Waals surface area contributed by atoms with Crippen molar-refractivity contribution in [3.63, 3.8) is 0 Å². The fourth-order valence-corrected chi connectivity index (χ4v) is 2.35. The zero-order valence-electron chi connectivity index (χ0n) is 16.6. The fraction of sp³-hybridized carbons (Fsp3) is 0.368. The number of likely N-dealkylation sites (N-methyl/N-ethyl adjacent to an activating group) is 1. The number of rotatable bonds is 5. The van der Waals surface area contributed by atoms with Crippen LogP contribution in [0.3, 0.4) is 0 Å². The molecule has 1 atom stereocenters. The Morgan fingerprint density at radius 2 is 2.18 bits per heavy atom. The summed E-state index contributed by atoms with van der Waals surface area (Å²) < 4.78 is 10.4. The standard InChI is InChI=1S/C11H9NO3.C5H12N2.C3H9N3/c1-14-9-5-3-2-4-8(9)10-6-12-11(7-13)15-10;1-6-5-2-3-7-4-5;1-6(5)3-2-4/h2-7H,1H3;5-7H,2-4H2,1H3;2-3H,4-5H2,1H3/b;;3-2-. The molecule has 3 rings (SSSR count). The molecule has 0 aliphatic carbocycles. The van der Waals surface area contributed by atoms with E-state index in [-0.39, 0.29) is 5.89 Å². The maximum absolute atomic E-state index is 10.4. The van der Waals surface area contributed by atoms with Gasteiger partial charge in [0.05, 0.1) is 18.9 Å². The Hall–Kier alpha value is -2.88. The van der Waals surface area contributed by atoms with E-state index in [1.54, 1.807) is 20.4 Å². The van der Waals surface area contributed by atoms with Gasteiger partial charge in [0.1, 0.15) is 5.75 Å². The van der Waals surface area contributed by atoms with Gasteiger partial charge < -0.3 is 30.5 Å². The number of methoxy groups -OCH3 is 1. The topological polar surface area (TPSA) is 132 Å². The molecule has 6 N–H and O–H groups in total. The summed E-state index contributed by atoms with van der Waals surface area (Å²) in [6.45, 7) is 2.34. The smallest absolute Gasteiger partial charge is 0.260 e. The molecule has 9 nitrogen and oxygen atoms in total. The first-order valence-electron chi connectivity index (χ1n) is 8.84. The molecule has 2 aromatic rings. The lowest BCUT2D eigenvalue weighted by molar-refractivity contribution is 0.109. The number of nitrogens with two attached hydrogens (primary N) is 2. The van der Waals surface area contributed by atoms with Crippen molar-refractivity contribution in [2.45, 2.75) is 12.5 Å². The predicted molar refractivity (Wildman–Crippen MR) is 109 cm³/mol. The summed E-state index contributed by atoms with van der Waals surface area (Å²) >= 11 is 0. The highest BCUT2D eigenvalue weighted by atomic mass is 16.5. The zero-order valence-corrected chi connectivity index (χ0v) is 16.6. The molecule has 1 aromatic carbocycles. The van der Waals surface area contributed by atoms with Crippen LogP contribution >= 0.6 is 0 Å². The molecule has 0 saturated carbocycles. The zero-order chi connectivity index (χ0) is 20.8. The van der Waals surface area contributed by atoms with Crippen molar-refractivity contribution in [2.24, 2.45) is 11.6 Å². The minimum Gasteiger partial charge on any atom is -0.496 e. The van der Waals surface area contributed by atoms with Crippen LogP contribution < -0.4 is 26.9 Å². The van der Waals surface area contributed by atoms with Crippen molar-refractivity contribution >= 4 is 6.29 Å². The first kappa shape index (κ1) is 23.2. The van der Waals surface area contributed by atoms with Crippen LogP contribution in [0.15, 0.2) is 47.3 Å². The maximum atomic E-state index is 10.4. The number of aldehydes is 1. The number of aromatic nitrogens is 1. The van der Waals surface area contributed by atoms with Crippen molar-refractivity contribution in [1.82, 2.24) is 20.6 Å². The molecule has 28 heavy (non-hydrogen) atoms. The van der Waals surface area contributed by atoms with Gasteiger partial charge in [-0.1, -0.05) is 12.1 Å². The van der Waals surface area contributed by atoms with E-state index in [9.17, 15) is 4.79 Å². The molecule has 2 heterocycles. The van der Waals surface area contributed by atoms with Gasteiger partial charge in [0.2, 0.25) is 6.29 Å². The molecular weight excluding hydrogens is 360 g/mol. The highest BCUT2D eigenvalue weighted by molar-refractivity contribution is 5.71. The second-order valence-electron chi connectivity index (χ2n) is 5.87. The van der Waals surface area contributed by atoms with Crippen LogP contribution in [0.25, 0.3) is 11.3 Å². The van der Waals surface area contributed by atoms with Crippen LogP contribution in [0.2, 0.25) is 0 Å². The summed E-state index contributed by atoms with van der Waals surface area (Å²) in [5, 5.41) is 7.84. The Morgan fingerprint density at radius 3 is 2.61 bits per heavy atom. The second kappa shape index (κ2) is 13.3. The van der Waals surface area contributed by atoms with Crippen molar-refractivity contribution in [1.29, 1.82) is 0 Å². The molecule has 0 spiro atoms. The molecule has 154 valence electrons. The number of ether oxygens (including phenoxy) is 1. The average Bonchev–Trinajstić information content (AvgIpc) is 3.40. The molecule has 0 radical (unpaired) electrons. The van der Waals surface area contributed by atoms with Crippen molar-refractivity contribution < 1.29 is 13.9 Å². The van der Waals surface area contributed by atoms with Crippen molar-refractivity contribution in [3.05, 3.63) is 48.8 Å². The number of nitrogens with one attached hydrogen (secondary N) is 2. The molecule has 0 bridgehead atoms. The van der Waals surface area contributed by atoms with Crippen molar-refractivity contribution in [3.8, 4) is 17.1 Å². The van der Waals surface area contributed by atoms with Gasteiger partial charge in [-0.2, -0.15) is 0 Å². The number of hydrogen-bond donors (Lipinski definition) is 4. The van der Waals surface area contributed by atoms with E-state index in [1.165, 1.54) is 30.4 Å². The summed E-state index contributed by atoms with van der Waals surface area (Å²) in [5.41, 5.74) is 5.71. The Kier molecular flexibility index (Phi) is 11.0. The van der Waals surface area contributed by atoms with E-state index in [4.69, 9.17) is 20.7 Å². The van der Waals surface area contributed by atoms with E-state index >= 15 is 0 Å². The van der Waals surface area contributed by atoms with Gasteiger partial charge >= 0.3 is 0 Å². The SMILES string of the molecule is CN(N)/C=C\N.CNC1CCNC1.COc1ccccc1-c1cnc(C=O)o1. The Labute approximate surface area is 165 Å². The van der Waals surface area contributed by atoms with Gasteiger partial charge in [0, 0.05) is 32.0 Å². The van der Waals surface area contributed by atoms with Crippen molar-refractivity contribution in [2.75, 3.05) is 34.3 Å². The minimum absolute atomic E-state index is 0.0657. The first-order valence-corrected chi connectivity index (χ1v) is 8.84. The third kappa shape index (κ3) is 8.21. The minimum atomic E-state index is 0.0657. The average molecular weight is 390 g/mol. The molecule has 1 fully saturated rings. The highest BCUT2D eigenvalue weighted by Crippen LogP contribution is 2.29. The van der Waals surface area contributed by atoms with Gasteiger partial charge in [-0.3, -0.25) is 4.79 Å². The fourth-order valence-electron chi connectivity index (χ4n) is 2.35. The summed E-state index contributed by atoms with van der Waals surface area (Å²) in [6.07, 6.45) is 6.29. The summed E-state index contributed by atoms with van der Waals surface area (Å²) in [7, 11) is 5.29. The lowest BCUT2D eigenvalue weighted by Gasteiger charge is -2.03. The Bertz CT molecular complexity index is 711. The van der Waals surface area contributed by atoms with E-state index < -0.39 is 0 Å². The third-order valence-corrected chi connectivity index (χ3v) is 3.79. The number of para-hydroxylation sites is 1. The first-order chi connectivity index (χ1) is 13.5. The van der Waals surface area contributed by atoms with E-state index in [2.05, 4.69) is 15.6 Å². The molecule has 1 unspecified atom stereocenters. The van der Waals surface area contributed by atoms with E-state index in [1.807, 2.05) is 31.3 Å². The number of hydrazine groups is 1. The molecule has 0 amide bonds. The van der Waals surface area contributed by atoms with Crippen LogP contribution in [-0.2, 0) is 0 Å². The number of hydrogen-bond acceptors (Lipinski definition) is 9. The molecule has 1 aliphatic heterocycles. The predicted octanol–water partition coefficient (Wildman–Crippen LogP) is 0.952. The highest BCUT2D eigenvalue weighted by Gasteiger charge is 2.10. The lowest BCUT2D eigenvalue weighted by Crippen LogP contribution is -2.26. The lowest BCUT2D eigenvalue weighted by atomic mass is 10.1. The number of benzene rings is 1. The van der Waals surface area contributed by atoms with E-state index in [0.717, 1.165) is 18.2 Å². The maximum Gasteiger partial charge on any atom is 0.260 e. The molecule has 1 aliphatic rings. The Balaban J connectivity index is 0.000000251. The van der Waals surface area contributed by atoms with Gasteiger partial charge in [0.15, 0.2) is 5.76 Å². The second-order valence-corrected chi connectivity index (χ2v) is 5.87. The molecule has 9 heteroatoms. The summed E-state index contributed by atoms with van der Waals surface area (Å²) in [4.78, 5) is 14.2. The van der Waals surface area contributed by atoms with Crippen LogP contribution in [0, 0.1) is 0 Å². The number of carbonyl (C=O) groups is 1. The molecule has 1 saturated heterocycles. The summed E-state index contributed by atoms with van der Waals surface area (Å²) in [5.74, 6) is 6.34. The summed E-state index contributed by atoms with van der Waals surface area (Å²) in [6, 6.07) is 8.12. The van der Waals surface area contributed by atoms with Crippen LogP contribution in [-0.4, -0.2) is 56.6 Å². The van der Waals surface area contributed by atoms with Crippen LogP contribution in [0.4, 0.5) is 0 Å². The number of oxazole rings is 1. The van der Waals surface area contributed by atoms with Crippen LogP contribution in [0.1, 0.15) is 17.1 Å². The Morgan fingerprint density at radius 1 is 1.43 bits per heavy atom. The number of carbonyl (C=O) groups excluding carboxylic acids is 1. The largest absolute Gasteiger partial charge is 0.496 e. The van der Waals surface area contributed by atoms with Gasteiger partial charge in [-0.15, -0.1) is 0 Å². The van der Waals surface area contributed by atoms with Gasteiger partial charge in [0.25, 0.3) is 5.89 Å². The van der Waals surface area contributed by atoms with Gasteiger partial charge in [-0.25, -0.2) is 10.8 Å².